The molecule has 5 heteroatoms. The molecular weight excluding hydrogens is 306 g/mol. The Bertz CT molecular complexity index is 478. The first-order valence-electron chi connectivity index (χ1n) is 6.45. The topological polar surface area (TPSA) is 50.5 Å². The second kappa shape index (κ2) is 6.38. The molecule has 1 fully saturated rings. The highest BCUT2D eigenvalue weighted by Crippen LogP contribution is 2.25. The molecule has 0 amide bonds. The lowest BCUT2D eigenvalue weighted by Crippen LogP contribution is -2.50. The average molecular weight is 324 g/mol. The summed E-state index contributed by atoms with van der Waals surface area (Å²) in [4.78, 5) is 4.52. The van der Waals surface area contributed by atoms with E-state index in [0.29, 0.717) is 5.56 Å². The van der Waals surface area contributed by atoms with Crippen molar-refractivity contribution in [1.82, 2.24) is 4.90 Å². The Balaban J connectivity index is 2.08. The van der Waals surface area contributed by atoms with Gasteiger partial charge in [-0.15, -0.1) is 0 Å². The van der Waals surface area contributed by atoms with E-state index in [1.165, 1.54) is 0 Å². The number of piperazine rings is 1. The summed E-state index contributed by atoms with van der Waals surface area (Å²) in [5.41, 5.74) is 1.71. The van der Waals surface area contributed by atoms with Crippen LogP contribution in [0.4, 0.5) is 5.69 Å². The normalized spacial score (nSPS) is 18.1. The van der Waals surface area contributed by atoms with E-state index >= 15 is 0 Å². The van der Waals surface area contributed by atoms with Crippen LogP contribution in [0.5, 0.6) is 0 Å². The minimum absolute atomic E-state index is 0.196. The van der Waals surface area contributed by atoms with Gasteiger partial charge in [-0.3, -0.25) is 4.90 Å². The first-order chi connectivity index (χ1) is 9.15. The van der Waals surface area contributed by atoms with Crippen molar-refractivity contribution in [2.45, 2.75) is 13.0 Å². The fourth-order valence-corrected chi connectivity index (χ4v) is 2.75. The maximum Gasteiger partial charge on any atom is 0.101 e. The van der Waals surface area contributed by atoms with Crippen LogP contribution in [0.2, 0.25) is 0 Å². The van der Waals surface area contributed by atoms with Gasteiger partial charge in [0.15, 0.2) is 0 Å². The number of nitriles is 1. The number of halogens is 1. The van der Waals surface area contributed by atoms with E-state index in [1.807, 2.05) is 25.1 Å². The van der Waals surface area contributed by atoms with Gasteiger partial charge in [0.05, 0.1) is 17.9 Å². The van der Waals surface area contributed by atoms with Crippen LogP contribution in [-0.4, -0.2) is 48.8 Å². The SMILES string of the molecule is C[C@H](CO)N1CCN(c2ccc(Br)cc2C#N)CC1. The monoisotopic (exact) mass is 323 g/mol. The van der Waals surface area contributed by atoms with Crippen LogP contribution < -0.4 is 4.90 Å². The van der Waals surface area contributed by atoms with Crippen LogP contribution in [0.3, 0.4) is 0 Å². The average Bonchev–Trinajstić information content (AvgIpc) is 2.46. The van der Waals surface area contributed by atoms with Crippen molar-refractivity contribution in [1.29, 1.82) is 5.26 Å². The summed E-state index contributed by atoms with van der Waals surface area (Å²) in [6.45, 7) is 5.85. The molecule has 1 aromatic rings. The van der Waals surface area contributed by atoms with E-state index in [9.17, 15) is 10.4 Å². The van der Waals surface area contributed by atoms with Gasteiger partial charge >= 0.3 is 0 Å². The fraction of sp³-hybridized carbons (Fsp3) is 0.500. The quantitative estimate of drug-likeness (QED) is 0.922. The molecule has 2 rings (SSSR count). The highest BCUT2D eigenvalue weighted by atomic mass is 79.9. The second-order valence-corrected chi connectivity index (χ2v) is 5.74. The lowest BCUT2D eigenvalue weighted by atomic mass is 10.1. The number of nitrogens with zero attached hydrogens (tertiary/aromatic N) is 3. The number of aliphatic hydroxyl groups excluding tert-OH is 1. The van der Waals surface area contributed by atoms with Gasteiger partial charge in [-0.2, -0.15) is 5.26 Å². The van der Waals surface area contributed by atoms with Crippen molar-refractivity contribution < 1.29 is 5.11 Å². The zero-order valence-corrected chi connectivity index (χ0v) is 12.6. The van der Waals surface area contributed by atoms with Gasteiger partial charge in [-0.05, 0) is 25.1 Å². The molecule has 1 N–H and O–H groups in total. The Morgan fingerprint density at radius 1 is 1.37 bits per heavy atom. The standard InChI is InChI=1S/C14H18BrN3O/c1-11(10-19)17-4-6-18(7-5-17)14-3-2-13(15)8-12(14)9-16/h2-3,8,11,19H,4-7,10H2,1H3/t11-/m1/s1. The zero-order chi connectivity index (χ0) is 13.8. The van der Waals surface area contributed by atoms with Gasteiger partial charge in [0, 0.05) is 36.7 Å². The van der Waals surface area contributed by atoms with Gasteiger partial charge in [-0.25, -0.2) is 0 Å². The number of hydrogen-bond acceptors (Lipinski definition) is 4. The van der Waals surface area contributed by atoms with E-state index in [1.54, 1.807) is 0 Å². The maximum absolute atomic E-state index is 9.21. The van der Waals surface area contributed by atoms with Crippen molar-refractivity contribution in [3.8, 4) is 6.07 Å². The molecule has 1 aliphatic heterocycles. The van der Waals surface area contributed by atoms with Crippen molar-refractivity contribution in [3.05, 3.63) is 28.2 Å². The Morgan fingerprint density at radius 2 is 2.05 bits per heavy atom. The van der Waals surface area contributed by atoms with E-state index in [-0.39, 0.29) is 12.6 Å². The Kier molecular flexibility index (Phi) is 4.81. The third kappa shape index (κ3) is 3.27. The molecule has 1 saturated heterocycles. The second-order valence-electron chi connectivity index (χ2n) is 4.83. The molecule has 0 unspecified atom stereocenters. The minimum atomic E-state index is 0.196. The third-order valence-corrected chi connectivity index (χ3v) is 4.11. The molecule has 0 saturated carbocycles. The summed E-state index contributed by atoms with van der Waals surface area (Å²) in [5, 5.41) is 18.4. The first-order valence-corrected chi connectivity index (χ1v) is 7.24. The summed E-state index contributed by atoms with van der Waals surface area (Å²) >= 11 is 3.39. The molecule has 1 aliphatic rings. The molecule has 0 aromatic heterocycles. The minimum Gasteiger partial charge on any atom is -0.395 e. The molecular formula is C14H18BrN3O. The van der Waals surface area contributed by atoms with Gasteiger partial charge in [0.1, 0.15) is 6.07 Å². The predicted molar refractivity (Wildman–Crippen MR) is 79.2 cm³/mol. The summed E-state index contributed by atoms with van der Waals surface area (Å²) in [7, 11) is 0. The Hall–Kier alpha value is -1.09. The highest BCUT2D eigenvalue weighted by Gasteiger charge is 2.22. The third-order valence-electron chi connectivity index (χ3n) is 3.62. The molecule has 0 aliphatic carbocycles. The number of benzene rings is 1. The molecule has 19 heavy (non-hydrogen) atoms. The summed E-state index contributed by atoms with van der Waals surface area (Å²) in [6.07, 6.45) is 0. The van der Waals surface area contributed by atoms with Crippen molar-refractivity contribution in [2.24, 2.45) is 0 Å². The van der Waals surface area contributed by atoms with E-state index in [2.05, 4.69) is 31.8 Å². The summed E-state index contributed by atoms with van der Waals surface area (Å²) in [5.74, 6) is 0. The van der Waals surface area contributed by atoms with Crippen LogP contribution in [0.25, 0.3) is 0 Å². The largest absolute Gasteiger partial charge is 0.395 e. The van der Waals surface area contributed by atoms with E-state index in [0.717, 1.165) is 36.3 Å². The van der Waals surface area contributed by atoms with E-state index < -0.39 is 0 Å². The Labute approximate surface area is 122 Å². The molecule has 1 heterocycles. The fourth-order valence-electron chi connectivity index (χ4n) is 2.39. The van der Waals surface area contributed by atoms with Crippen molar-refractivity contribution in [3.63, 3.8) is 0 Å². The number of aliphatic hydroxyl groups is 1. The van der Waals surface area contributed by atoms with Gasteiger partial charge in [0.2, 0.25) is 0 Å². The summed E-state index contributed by atoms with van der Waals surface area (Å²) < 4.78 is 0.931. The highest BCUT2D eigenvalue weighted by molar-refractivity contribution is 9.10. The van der Waals surface area contributed by atoms with Crippen LogP contribution >= 0.6 is 15.9 Å². The predicted octanol–water partition coefficient (Wildman–Crippen LogP) is 1.82. The van der Waals surface area contributed by atoms with Crippen molar-refractivity contribution in [2.75, 3.05) is 37.7 Å². The number of anilines is 1. The molecule has 102 valence electrons. The van der Waals surface area contributed by atoms with Gasteiger partial charge < -0.3 is 10.0 Å². The number of rotatable bonds is 3. The van der Waals surface area contributed by atoms with Crippen LogP contribution in [-0.2, 0) is 0 Å². The Morgan fingerprint density at radius 3 is 2.63 bits per heavy atom. The van der Waals surface area contributed by atoms with Gasteiger partial charge in [0.25, 0.3) is 0 Å². The lowest BCUT2D eigenvalue weighted by molar-refractivity contribution is 0.128. The number of hydrogen-bond donors (Lipinski definition) is 1. The maximum atomic E-state index is 9.21. The van der Waals surface area contributed by atoms with Crippen LogP contribution in [0.15, 0.2) is 22.7 Å². The smallest absolute Gasteiger partial charge is 0.101 e. The van der Waals surface area contributed by atoms with Gasteiger partial charge in [-0.1, -0.05) is 15.9 Å². The first kappa shape index (κ1) is 14.3. The lowest BCUT2D eigenvalue weighted by Gasteiger charge is -2.38. The summed E-state index contributed by atoms with van der Waals surface area (Å²) in [6, 6.07) is 8.29. The van der Waals surface area contributed by atoms with Crippen molar-refractivity contribution >= 4 is 21.6 Å². The van der Waals surface area contributed by atoms with Crippen LogP contribution in [0.1, 0.15) is 12.5 Å². The molecule has 0 radical (unpaired) electrons. The molecule has 0 bridgehead atoms. The van der Waals surface area contributed by atoms with Crippen LogP contribution in [0, 0.1) is 11.3 Å². The molecule has 4 nitrogen and oxygen atoms in total. The zero-order valence-electron chi connectivity index (χ0n) is 11.0. The van der Waals surface area contributed by atoms with E-state index in [4.69, 9.17) is 0 Å². The molecule has 1 atom stereocenters. The molecule has 1 aromatic carbocycles. The molecule has 0 spiro atoms.